The Bertz CT molecular complexity index is 792. The molecule has 1 N–H and O–H groups in total. The van der Waals surface area contributed by atoms with E-state index < -0.39 is 0 Å². The normalized spacial score (nSPS) is 14.0. The molecule has 4 rings (SSSR count). The van der Waals surface area contributed by atoms with Crippen LogP contribution in [0.1, 0.15) is 34.1 Å². The molecule has 9 heteroatoms. The van der Waals surface area contributed by atoms with Gasteiger partial charge in [-0.1, -0.05) is 11.3 Å². The zero-order valence-electron chi connectivity index (χ0n) is 11.4. The molecule has 0 unspecified atom stereocenters. The van der Waals surface area contributed by atoms with E-state index in [9.17, 15) is 4.79 Å². The van der Waals surface area contributed by atoms with E-state index in [2.05, 4.69) is 31.0 Å². The molecule has 0 aliphatic heterocycles. The van der Waals surface area contributed by atoms with Crippen LogP contribution in [-0.2, 0) is 0 Å². The number of aromatic nitrogens is 6. The van der Waals surface area contributed by atoms with Crippen LogP contribution in [0.2, 0.25) is 0 Å². The Labute approximate surface area is 129 Å². The van der Waals surface area contributed by atoms with Crippen LogP contribution in [0.3, 0.4) is 0 Å². The largest absolute Gasteiger partial charge is 0.296 e. The van der Waals surface area contributed by atoms with Crippen LogP contribution in [-0.4, -0.2) is 36.3 Å². The van der Waals surface area contributed by atoms with Crippen LogP contribution in [0.4, 0.5) is 5.13 Å². The number of hydrogen-bond acceptors (Lipinski definition) is 7. The minimum absolute atomic E-state index is 0.207. The Morgan fingerprint density at radius 3 is 2.73 bits per heavy atom. The van der Waals surface area contributed by atoms with Crippen molar-refractivity contribution in [3.05, 3.63) is 41.2 Å². The molecule has 0 spiro atoms. The van der Waals surface area contributed by atoms with Crippen molar-refractivity contribution in [2.75, 3.05) is 5.32 Å². The first-order valence-electron chi connectivity index (χ1n) is 6.78. The molecule has 3 aromatic rings. The molecule has 1 saturated carbocycles. The van der Waals surface area contributed by atoms with Crippen LogP contribution in [0, 0.1) is 0 Å². The highest BCUT2D eigenvalue weighted by Gasteiger charge is 2.27. The number of amides is 1. The summed E-state index contributed by atoms with van der Waals surface area (Å²) in [5, 5.41) is 23.4. The van der Waals surface area contributed by atoms with Crippen molar-refractivity contribution in [2.45, 2.75) is 18.8 Å². The number of rotatable bonds is 4. The van der Waals surface area contributed by atoms with Crippen molar-refractivity contribution in [1.82, 2.24) is 30.4 Å². The van der Waals surface area contributed by atoms with Gasteiger partial charge in [0.1, 0.15) is 11.3 Å². The number of hydrogen-bond donors (Lipinski definition) is 1. The lowest BCUT2D eigenvalue weighted by Crippen LogP contribution is -2.11. The Balaban J connectivity index is 1.47. The third-order valence-corrected chi connectivity index (χ3v) is 4.33. The van der Waals surface area contributed by atoms with E-state index >= 15 is 0 Å². The molecule has 0 bridgehead atoms. The molecule has 1 fully saturated rings. The maximum atomic E-state index is 12.2. The number of carbonyl (C=O) groups is 1. The van der Waals surface area contributed by atoms with Gasteiger partial charge in [0, 0.05) is 11.5 Å². The summed E-state index contributed by atoms with van der Waals surface area (Å²) in [7, 11) is 0. The van der Waals surface area contributed by atoms with E-state index in [-0.39, 0.29) is 5.91 Å². The predicted molar refractivity (Wildman–Crippen MR) is 79.0 cm³/mol. The Morgan fingerprint density at radius 2 is 2.05 bits per heavy atom. The number of benzene rings is 1. The van der Waals surface area contributed by atoms with Gasteiger partial charge in [0.25, 0.3) is 5.91 Å². The second kappa shape index (κ2) is 5.26. The molecular weight excluding hydrogens is 302 g/mol. The fourth-order valence-corrected chi connectivity index (χ4v) is 2.90. The van der Waals surface area contributed by atoms with Gasteiger partial charge in [0.2, 0.25) is 5.13 Å². The monoisotopic (exact) mass is 313 g/mol. The molecule has 0 radical (unpaired) electrons. The Kier molecular flexibility index (Phi) is 3.11. The summed E-state index contributed by atoms with van der Waals surface area (Å²) in [6.45, 7) is 0. The molecule has 1 aliphatic rings. The second-order valence-electron chi connectivity index (χ2n) is 4.98. The average molecular weight is 313 g/mol. The van der Waals surface area contributed by atoms with E-state index in [1.54, 1.807) is 24.3 Å². The molecule has 8 nitrogen and oxygen atoms in total. The van der Waals surface area contributed by atoms with Crippen LogP contribution in [0.5, 0.6) is 0 Å². The molecule has 1 amide bonds. The molecular formula is C13H11N7OS. The lowest BCUT2D eigenvalue weighted by molar-refractivity contribution is 0.102. The van der Waals surface area contributed by atoms with E-state index in [1.807, 2.05) is 0 Å². The van der Waals surface area contributed by atoms with Crippen LogP contribution in [0.15, 0.2) is 30.6 Å². The lowest BCUT2D eigenvalue weighted by atomic mass is 10.2. The number of nitrogens with one attached hydrogen (secondary N) is 1. The van der Waals surface area contributed by atoms with Gasteiger partial charge in [-0.2, -0.15) is 0 Å². The van der Waals surface area contributed by atoms with Crippen LogP contribution >= 0.6 is 11.3 Å². The highest BCUT2D eigenvalue weighted by atomic mass is 32.1. The van der Waals surface area contributed by atoms with Gasteiger partial charge >= 0.3 is 0 Å². The highest BCUT2D eigenvalue weighted by Crippen LogP contribution is 2.42. The number of carbonyl (C=O) groups excluding carboxylic acids is 1. The van der Waals surface area contributed by atoms with Crippen molar-refractivity contribution in [1.29, 1.82) is 0 Å². The Hall–Kier alpha value is -2.68. The zero-order chi connectivity index (χ0) is 14.9. The van der Waals surface area contributed by atoms with Crippen molar-refractivity contribution >= 4 is 22.4 Å². The summed E-state index contributed by atoms with van der Waals surface area (Å²) in [5.41, 5.74) is 1.33. The first-order chi connectivity index (χ1) is 10.8. The standard InChI is InChI=1S/C13H11N7OS/c21-11(15-13-17-16-12(22-13)9-1-2-9)8-3-5-10(6-4-8)20-7-14-18-19-20/h3-7,9H,1-2H2,(H,15,17,21). The van der Waals surface area contributed by atoms with E-state index in [0.29, 0.717) is 16.6 Å². The number of anilines is 1. The van der Waals surface area contributed by atoms with Crippen molar-refractivity contribution in [3.8, 4) is 5.69 Å². The first-order valence-corrected chi connectivity index (χ1v) is 7.59. The molecule has 0 atom stereocenters. The number of tetrazole rings is 1. The zero-order valence-corrected chi connectivity index (χ0v) is 12.2. The van der Waals surface area contributed by atoms with Crippen molar-refractivity contribution in [3.63, 3.8) is 0 Å². The highest BCUT2D eigenvalue weighted by molar-refractivity contribution is 7.15. The van der Waals surface area contributed by atoms with Crippen molar-refractivity contribution < 1.29 is 4.79 Å². The quantitative estimate of drug-likeness (QED) is 0.786. The van der Waals surface area contributed by atoms with Gasteiger partial charge in [-0.3, -0.25) is 10.1 Å². The molecule has 1 aromatic carbocycles. The summed E-state index contributed by atoms with van der Waals surface area (Å²) in [6, 6.07) is 6.99. The molecule has 22 heavy (non-hydrogen) atoms. The maximum Gasteiger partial charge on any atom is 0.257 e. The van der Waals surface area contributed by atoms with Gasteiger partial charge in [0.15, 0.2) is 0 Å². The topological polar surface area (TPSA) is 98.5 Å². The first kappa shape index (κ1) is 13.0. The maximum absolute atomic E-state index is 12.2. The smallest absolute Gasteiger partial charge is 0.257 e. The summed E-state index contributed by atoms with van der Waals surface area (Å²) < 4.78 is 1.52. The van der Waals surface area contributed by atoms with E-state index in [1.165, 1.54) is 35.2 Å². The summed E-state index contributed by atoms with van der Waals surface area (Å²) in [6.07, 6.45) is 3.83. The average Bonchev–Trinajstić information content (AvgIpc) is 3.06. The second-order valence-corrected chi connectivity index (χ2v) is 5.98. The van der Waals surface area contributed by atoms with Gasteiger partial charge in [0.05, 0.1) is 5.69 Å². The van der Waals surface area contributed by atoms with Gasteiger partial charge in [-0.25, -0.2) is 4.68 Å². The minimum Gasteiger partial charge on any atom is -0.296 e. The summed E-state index contributed by atoms with van der Waals surface area (Å²) in [5.74, 6) is 0.334. The van der Waals surface area contributed by atoms with Gasteiger partial charge in [-0.05, 0) is 47.5 Å². The molecule has 110 valence electrons. The molecule has 1 aliphatic carbocycles. The Morgan fingerprint density at radius 1 is 1.23 bits per heavy atom. The molecule has 2 aromatic heterocycles. The van der Waals surface area contributed by atoms with Gasteiger partial charge in [-0.15, -0.1) is 15.3 Å². The van der Waals surface area contributed by atoms with E-state index in [4.69, 9.17) is 0 Å². The third kappa shape index (κ3) is 2.58. The van der Waals surface area contributed by atoms with Gasteiger partial charge < -0.3 is 0 Å². The molecule has 2 heterocycles. The van der Waals surface area contributed by atoms with Crippen LogP contribution < -0.4 is 5.32 Å². The lowest BCUT2D eigenvalue weighted by Gasteiger charge is -2.03. The third-order valence-electron chi connectivity index (χ3n) is 3.33. The fourth-order valence-electron chi connectivity index (χ4n) is 1.99. The molecule has 0 saturated heterocycles. The number of nitrogens with zero attached hydrogens (tertiary/aromatic N) is 6. The van der Waals surface area contributed by atoms with Crippen LogP contribution in [0.25, 0.3) is 5.69 Å². The summed E-state index contributed by atoms with van der Waals surface area (Å²) in [4.78, 5) is 12.2. The summed E-state index contributed by atoms with van der Waals surface area (Å²) >= 11 is 1.44. The predicted octanol–water partition coefficient (Wildman–Crippen LogP) is 1.64. The SMILES string of the molecule is O=C(Nc1nnc(C2CC2)s1)c1ccc(-n2cnnn2)cc1. The minimum atomic E-state index is -0.207. The van der Waals surface area contributed by atoms with Crippen molar-refractivity contribution in [2.24, 2.45) is 0 Å². The van der Waals surface area contributed by atoms with E-state index in [0.717, 1.165) is 10.7 Å². The fraction of sp³-hybridized carbons (Fsp3) is 0.231.